The Morgan fingerprint density at radius 3 is 2.58 bits per heavy atom. The van der Waals surface area contributed by atoms with E-state index in [-0.39, 0.29) is 17.2 Å². The topological polar surface area (TPSA) is 43.1 Å². The Bertz CT molecular complexity index is 888. The second kappa shape index (κ2) is 6.42. The van der Waals surface area contributed by atoms with Crippen molar-refractivity contribution in [3.05, 3.63) is 69.8 Å². The molecule has 0 saturated heterocycles. The van der Waals surface area contributed by atoms with Crippen LogP contribution in [0.2, 0.25) is 0 Å². The molecule has 0 radical (unpaired) electrons. The van der Waals surface area contributed by atoms with Crippen molar-refractivity contribution >= 4 is 17.6 Å². The quantitative estimate of drug-likeness (QED) is 0.788. The number of carbonyl (C=O) groups excluding carboxylic acids is 1. The normalized spacial score (nSPS) is 19.7. The van der Waals surface area contributed by atoms with E-state index in [1.54, 1.807) is 0 Å². The van der Waals surface area contributed by atoms with E-state index in [9.17, 15) is 4.79 Å². The molecule has 0 bridgehead atoms. The Morgan fingerprint density at radius 2 is 2.00 bits per heavy atom. The summed E-state index contributed by atoms with van der Waals surface area (Å²) in [5.41, 5.74) is 14.6. The monoisotopic (exact) mass is 347 g/mol. The molecule has 0 heterocycles. The van der Waals surface area contributed by atoms with E-state index in [0.29, 0.717) is 5.57 Å². The van der Waals surface area contributed by atoms with Gasteiger partial charge in [-0.05, 0) is 57.6 Å². The van der Waals surface area contributed by atoms with E-state index in [2.05, 4.69) is 59.4 Å². The minimum Gasteiger partial charge on any atom is -0.366 e. The molecule has 136 valence electrons. The lowest BCUT2D eigenvalue weighted by Crippen LogP contribution is -2.19. The molecule has 2 N–H and O–H groups in total. The standard InChI is InChI=1S/C24H29NO/c1-7-16-10-17-12-18(24(4,5)6)13-21(20(17)11-16)22-15(3)14(2)8-9-19(22)23(25)26/h8-10,12-14H,3,7,11H2,1-2,4-6H3,(H2,25,26). The molecule has 0 fully saturated rings. The maximum absolute atomic E-state index is 12.2. The number of hydrogen-bond acceptors (Lipinski definition) is 1. The third-order valence-corrected chi connectivity index (χ3v) is 5.59. The summed E-state index contributed by atoms with van der Waals surface area (Å²) in [6.45, 7) is 15.3. The van der Waals surface area contributed by atoms with Crippen molar-refractivity contribution in [1.82, 2.24) is 0 Å². The molecule has 2 aliphatic carbocycles. The van der Waals surface area contributed by atoms with Crippen LogP contribution in [0.1, 0.15) is 63.3 Å². The molecule has 1 aromatic carbocycles. The van der Waals surface area contributed by atoms with Gasteiger partial charge in [-0.15, -0.1) is 0 Å². The number of carbonyl (C=O) groups is 1. The molecule has 2 aliphatic rings. The summed E-state index contributed by atoms with van der Waals surface area (Å²) in [4.78, 5) is 12.2. The molecule has 0 spiro atoms. The highest BCUT2D eigenvalue weighted by atomic mass is 16.1. The zero-order chi connectivity index (χ0) is 19.2. The number of rotatable bonds is 3. The summed E-state index contributed by atoms with van der Waals surface area (Å²) in [6.07, 6.45) is 8.17. The van der Waals surface area contributed by atoms with Gasteiger partial charge in [0.15, 0.2) is 0 Å². The highest BCUT2D eigenvalue weighted by Crippen LogP contribution is 2.42. The van der Waals surface area contributed by atoms with Crippen LogP contribution in [0, 0.1) is 5.92 Å². The average Bonchev–Trinajstić information content (AvgIpc) is 2.98. The van der Waals surface area contributed by atoms with Crippen molar-refractivity contribution in [3.63, 3.8) is 0 Å². The molecule has 0 aliphatic heterocycles. The lowest BCUT2D eigenvalue weighted by atomic mass is 9.77. The molecule has 3 rings (SSSR count). The Labute approximate surface area is 157 Å². The fraction of sp³-hybridized carbons (Fsp3) is 0.375. The summed E-state index contributed by atoms with van der Waals surface area (Å²) >= 11 is 0. The van der Waals surface area contributed by atoms with Crippen LogP contribution in [0.15, 0.2) is 47.6 Å². The Hall–Kier alpha value is -2.35. The predicted molar refractivity (Wildman–Crippen MR) is 111 cm³/mol. The van der Waals surface area contributed by atoms with Gasteiger partial charge in [-0.3, -0.25) is 4.79 Å². The number of allylic oxidation sites excluding steroid dienone is 4. The zero-order valence-electron chi connectivity index (χ0n) is 16.6. The van der Waals surface area contributed by atoms with Crippen LogP contribution in [0.3, 0.4) is 0 Å². The first-order valence-corrected chi connectivity index (χ1v) is 9.42. The first kappa shape index (κ1) is 18.4. The van der Waals surface area contributed by atoms with Crippen molar-refractivity contribution < 1.29 is 4.79 Å². The van der Waals surface area contributed by atoms with E-state index in [1.165, 1.54) is 22.3 Å². The van der Waals surface area contributed by atoms with Crippen LogP contribution >= 0.6 is 0 Å². The molecule has 1 aromatic rings. The second-order valence-electron chi connectivity index (χ2n) is 8.50. The van der Waals surface area contributed by atoms with Gasteiger partial charge in [0, 0.05) is 5.57 Å². The van der Waals surface area contributed by atoms with E-state index < -0.39 is 0 Å². The SMILES string of the molecule is C=C1C(c2cc(C(C)(C)C)cc3c2CC(CC)=C3)=C(C(N)=O)C=CC1C. The van der Waals surface area contributed by atoms with Gasteiger partial charge in [-0.2, -0.15) is 0 Å². The van der Waals surface area contributed by atoms with Crippen molar-refractivity contribution in [3.8, 4) is 0 Å². The molecular weight excluding hydrogens is 318 g/mol. The average molecular weight is 348 g/mol. The Morgan fingerprint density at radius 1 is 1.31 bits per heavy atom. The Balaban J connectivity index is 2.32. The Kier molecular flexibility index (Phi) is 4.56. The molecular formula is C24H29NO. The molecule has 0 aromatic heterocycles. The number of amides is 1. The van der Waals surface area contributed by atoms with Crippen LogP contribution < -0.4 is 5.73 Å². The van der Waals surface area contributed by atoms with Gasteiger partial charge in [0.1, 0.15) is 0 Å². The smallest absolute Gasteiger partial charge is 0.249 e. The number of fused-ring (bicyclic) bond motifs is 1. The first-order chi connectivity index (χ1) is 12.1. The van der Waals surface area contributed by atoms with Gasteiger partial charge in [-0.1, -0.05) is 77.1 Å². The molecule has 26 heavy (non-hydrogen) atoms. The van der Waals surface area contributed by atoms with Crippen LogP contribution in [-0.2, 0) is 16.6 Å². The van der Waals surface area contributed by atoms with E-state index >= 15 is 0 Å². The van der Waals surface area contributed by atoms with Gasteiger partial charge in [0.25, 0.3) is 0 Å². The van der Waals surface area contributed by atoms with Crippen LogP contribution in [-0.4, -0.2) is 5.91 Å². The summed E-state index contributed by atoms with van der Waals surface area (Å²) in [7, 11) is 0. The first-order valence-electron chi connectivity index (χ1n) is 9.42. The maximum Gasteiger partial charge on any atom is 0.249 e. The van der Waals surface area contributed by atoms with Gasteiger partial charge in [0.2, 0.25) is 5.91 Å². The lowest BCUT2D eigenvalue weighted by molar-refractivity contribution is -0.114. The van der Waals surface area contributed by atoms with Gasteiger partial charge in [-0.25, -0.2) is 0 Å². The molecule has 0 saturated carbocycles. The molecule has 2 heteroatoms. The van der Waals surface area contributed by atoms with Crippen molar-refractivity contribution in [2.24, 2.45) is 11.7 Å². The zero-order valence-corrected chi connectivity index (χ0v) is 16.6. The van der Waals surface area contributed by atoms with Crippen molar-refractivity contribution in [1.29, 1.82) is 0 Å². The van der Waals surface area contributed by atoms with E-state index in [0.717, 1.165) is 29.6 Å². The fourth-order valence-electron chi connectivity index (χ4n) is 3.77. The van der Waals surface area contributed by atoms with Crippen LogP contribution in [0.25, 0.3) is 11.6 Å². The molecule has 1 unspecified atom stereocenters. The number of hydrogen-bond donors (Lipinski definition) is 1. The second-order valence-corrected chi connectivity index (χ2v) is 8.50. The third-order valence-electron chi connectivity index (χ3n) is 5.59. The maximum atomic E-state index is 12.2. The van der Waals surface area contributed by atoms with Crippen molar-refractivity contribution in [2.45, 2.75) is 52.9 Å². The predicted octanol–water partition coefficient (Wildman–Crippen LogP) is 5.33. The summed E-state index contributed by atoms with van der Waals surface area (Å²) in [6, 6.07) is 4.55. The minimum absolute atomic E-state index is 0.0253. The summed E-state index contributed by atoms with van der Waals surface area (Å²) in [5, 5.41) is 0. The largest absolute Gasteiger partial charge is 0.366 e. The summed E-state index contributed by atoms with van der Waals surface area (Å²) < 4.78 is 0. The van der Waals surface area contributed by atoms with Gasteiger partial charge < -0.3 is 5.73 Å². The van der Waals surface area contributed by atoms with E-state index in [1.807, 2.05) is 12.2 Å². The van der Waals surface area contributed by atoms with Crippen LogP contribution in [0.5, 0.6) is 0 Å². The van der Waals surface area contributed by atoms with E-state index in [4.69, 9.17) is 5.73 Å². The van der Waals surface area contributed by atoms with Gasteiger partial charge in [0.05, 0.1) is 0 Å². The lowest BCUT2D eigenvalue weighted by Gasteiger charge is -2.27. The fourth-order valence-corrected chi connectivity index (χ4v) is 3.77. The molecule has 2 nitrogen and oxygen atoms in total. The molecule has 1 amide bonds. The number of benzene rings is 1. The van der Waals surface area contributed by atoms with Crippen molar-refractivity contribution in [2.75, 3.05) is 0 Å². The molecule has 1 atom stereocenters. The number of primary amides is 1. The number of nitrogens with two attached hydrogens (primary N) is 1. The highest BCUT2D eigenvalue weighted by Gasteiger charge is 2.28. The minimum atomic E-state index is -0.388. The van der Waals surface area contributed by atoms with Crippen LogP contribution in [0.4, 0.5) is 0 Å². The summed E-state index contributed by atoms with van der Waals surface area (Å²) in [5.74, 6) is -0.192. The van der Waals surface area contributed by atoms with Gasteiger partial charge >= 0.3 is 0 Å². The third kappa shape index (κ3) is 3.09. The highest BCUT2D eigenvalue weighted by molar-refractivity contribution is 6.07.